The predicted molar refractivity (Wildman–Crippen MR) is 571 cm³/mol. The van der Waals surface area contributed by atoms with Gasteiger partial charge in [0.05, 0.1) is 78.5 Å². The molecule has 0 unspecified atom stereocenters. The molecule has 0 radical (unpaired) electrons. The maximum Gasteiger partial charge on any atom is 0.329 e. The van der Waals surface area contributed by atoms with Crippen molar-refractivity contribution in [3.8, 4) is 46.2 Å². The Bertz CT molecular complexity index is 6310. The number of nitrogens with zero attached hydrogens (tertiary/aromatic N) is 8. The Morgan fingerprint density at radius 3 is 0.813 bits per heavy atom. The fraction of sp³-hybridized carbons (Fsp3) is 0.339. The summed E-state index contributed by atoms with van der Waals surface area (Å²) in [6.07, 6.45) is 50.1. The van der Waals surface area contributed by atoms with Crippen LogP contribution in [0.4, 0.5) is 0 Å². The third-order valence-electron chi connectivity index (χ3n) is 27.3. The number of halogens is 4. The van der Waals surface area contributed by atoms with Crippen LogP contribution in [0.3, 0.4) is 0 Å². The molecule has 0 amide bonds. The summed E-state index contributed by atoms with van der Waals surface area (Å²) in [4.78, 5) is 21.3. The van der Waals surface area contributed by atoms with Gasteiger partial charge in [0, 0.05) is 22.2 Å². The molecular formula is C118H124B2Cl4N8O2. The standard InChI is InChI=1S/C118H124B2Cl4N8O2/c1-3-5-7-9-11-13-15-17-19-21-23-25-27-29-31-33-35-45-75-133-91-71-67-89(68-72-91)115-113-114(118(98(82-126)112-84-128-108-78-104(122)106(124)80-110(108)130-112)131(115)119(99-63-47-55-85-51-37-41-59-93(85)99)100-64-48-56-86-52-38-42-60-94(86)100)116(90-69-73-92(74-70-90)134-76-46-36-34-32-30-28-26-24-22-20-18-16-14-12-10-8-6-4-2)132(117(113)97(81-125)111-83-127-107-77-103(121)105(123)79-109(107)129-111)120(101-65-49-57-87-53-39-43-61-95(87)101)102-66-50-58-88-54-40-44-62-96(88)102/h37-44,47-74,77-80,83-84H,3-36,45-46,75-76H2,1-2H3/b117-97-,118-98-. The first-order chi connectivity index (χ1) is 66.1. The van der Waals surface area contributed by atoms with Crippen LogP contribution in [0.1, 0.15) is 256 Å². The zero-order chi connectivity index (χ0) is 92.2. The second-order valence-electron chi connectivity index (χ2n) is 36.7. The fourth-order valence-corrected chi connectivity index (χ4v) is 21.0. The quantitative estimate of drug-likeness (QED) is 0.0272. The molecule has 0 aliphatic carbocycles. The Hall–Kier alpha value is -11.2. The molecule has 0 saturated heterocycles. The largest absolute Gasteiger partial charge is 0.494 e. The number of hydrogen-bond donors (Lipinski definition) is 0. The van der Waals surface area contributed by atoms with Gasteiger partial charge in [0.2, 0.25) is 0 Å². The Balaban J connectivity index is 0.906. The lowest BCUT2D eigenvalue weighted by molar-refractivity contribution is 0.304. The van der Waals surface area contributed by atoms with E-state index in [1.165, 1.54) is 193 Å². The Labute approximate surface area is 813 Å². The third kappa shape index (κ3) is 23.3. The number of rotatable bonds is 50. The molecule has 0 atom stereocenters. The van der Waals surface area contributed by atoms with Crippen molar-refractivity contribution in [2.45, 2.75) is 245 Å². The molecule has 134 heavy (non-hydrogen) atoms. The number of unbranched alkanes of at least 4 members (excludes halogenated alkanes) is 34. The van der Waals surface area contributed by atoms with Crippen LogP contribution >= 0.6 is 46.4 Å². The number of benzene rings is 12. The molecule has 10 nitrogen and oxygen atoms in total. The van der Waals surface area contributed by atoms with Gasteiger partial charge in [-0.05, 0) is 162 Å². The second-order valence-corrected chi connectivity index (χ2v) is 38.4. The van der Waals surface area contributed by atoms with Crippen molar-refractivity contribution in [2.24, 2.45) is 0 Å². The molecule has 682 valence electrons. The van der Waals surface area contributed by atoms with E-state index in [0.717, 1.165) is 115 Å². The minimum atomic E-state index is -0.788. The Morgan fingerprint density at radius 2 is 0.545 bits per heavy atom. The van der Waals surface area contributed by atoms with Crippen LogP contribution in [0.15, 0.2) is 255 Å². The topological polar surface area (TPSA) is 127 Å². The normalized spacial score (nSPS) is 12.1. The minimum absolute atomic E-state index is 0.188. The van der Waals surface area contributed by atoms with Crippen LogP contribution in [0, 0.1) is 22.7 Å². The van der Waals surface area contributed by atoms with Gasteiger partial charge in [-0.25, -0.2) is 9.97 Å². The van der Waals surface area contributed by atoms with Crippen LogP contribution in [0.5, 0.6) is 11.5 Å². The lowest BCUT2D eigenvalue weighted by Gasteiger charge is -2.26. The van der Waals surface area contributed by atoms with E-state index >= 15 is 0 Å². The van der Waals surface area contributed by atoms with Crippen molar-refractivity contribution in [2.75, 3.05) is 13.2 Å². The highest BCUT2D eigenvalue weighted by molar-refractivity contribution is 6.89. The van der Waals surface area contributed by atoms with Gasteiger partial charge in [-0.3, -0.25) is 9.97 Å². The summed E-state index contributed by atoms with van der Waals surface area (Å²) in [6, 6.07) is 90.0. The smallest absolute Gasteiger partial charge is 0.329 e. The first-order valence-electron chi connectivity index (χ1n) is 50.1. The van der Waals surface area contributed by atoms with Gasteiger partial charge in [-0.2, -0.15) is 10.5 Å². The van der Waals surface area contributed by atoms with E-state index < -0.39 is 13.7 Å². The molecule has 4 aromatic heterocycles. The SMILES string of the molecule is CCCCCCCCCCCCCCCCCCCCOc1ccc(-c2c3/c(=C(\C#N)c4cnc5cc(Cl)c(Cl)cc5n4)n(B(c4cccc5ccccc45)c4cccc5ccccc45)c(-c4ccc(OCCCCCCCCCCCCCCCCCCCC)cc4)c3/c(=C(\C#N)c3cnc4cc(Cl)c(Cl)cc4n3)n2B(c2cccc3ccccc23)c2cccc3ccccc23)cc1. The first kappa shape index (κ1) is 95.9. The van der Waals surface area contributed by atoms with E-state index in [2.05, 4.69) is 253 Å². The maximum atomic E-state index is 13.3. The molecule has 16 heteroatoms. The van der Waals surface area contributed by atoms with Crippen LogP contribution in [-0.4, -0.2) is 55.8 Å². The van der Waals surface area contributed by atoms with E-state index in [-0.39, 0.29) is 32.6 Å². The van der Waals surface area contributed by atoms with Crippen molar-refractivity contribution in [1.82, 2.24) is 28.9 Å². The van der Waals surface area contributed by atoms with Crippen molar-refractivity contribution in [3.05, 3.63) is 297 Å². The van der Waals surface area contributed by atoms with Gasteiger partial charge in [-0.15, -0.1) is 0 Å². The molecular weight excluding hydrogens is 1720 g/mol. The number of nitriles is 2. The lowest BCUT2D eigenvalue weighted by atomic mass is 9.48. The van der Waals surface area contributed by atoms with Crippen LogP contribution in [-0.2, 0) is 0 Å². The summed E-state index contributed by atoms with van der Waals surface area (Å²) in [5, 5.41) is 38.1. The van der Waals surface area contributed by atoms with Crippen molar-refractivity contribution >= 4 is 169 Å². The molecule has 4 heterocycles. The van der Waals surface area contributed by atoms with Crippen molar-refractivity contribution < 1.29 is 9.47 Å². The summed E-state index contributed by atoms with van der Waals surface area (Å²) in [7, 11) is 0. The number of aromatic nitrogens is 6. The van der Waals surface area contributed by atoms with Crippen LogP contribution < -0.4 is 42.0 Å². The summed E-state index contributed by atoms with van der Waals surface area (Å²) in [6.45, 7) is 4.10. The van der Waals surface area contributed by atoms with Crippen molar-refractivity contribution in [3.63, 3.8) is 0 Å². The van der Waals surface area contributed by atoms with Crippen LogP contribution in [0.25, 0.3) is 110 Å². The second kappa shape index (κ2) is 48.8. The van der Waals surface area contributed by atoms with Gasteiger partial charge in [-0.1, -0.05) is 448 Å². The number of hydrogen-bond acceptors (Lipinski definition) is 8. The first-order valence-corrected chi connectivity index (χ1v) is 51.6. The van der Waals surface area contributed by atoms with E-state index in [1.54, 1.807) is 36.7 Å². The maximum absolute atomic E-state index is 13.3. The molecule has 16 aromatic rings. The van der Waals surface area contributed by atoms with E-state index in [1.807, 2.05) is 0 Å². The number of fused-ring (bicyclic) bond motifs is 7. The summed E-state index contributed by atoms with van der Waals surface area (Å²) < 4.78 is 18.5. The minimum Gasteiger partial charge on any atom is -0.494 e. The van der Waals surface area contributed by atoms with E-state index in [4.69, 9.17) is 75.8 Å². The zero-order valence-electron chi connectivity index (χ0n) is 78.2. The van der Waals surface area contributed by atoms with Gasteiger partial charge < -0.3 is 18.4 Å². The fourth-order valence-electron chi connectivity index (χ4n) is 20.4. The molecule has 0 aliphatic rings. The summed E-state index contributed by atoms with van der Waals surface area (Å²) in [5.74, 6) is 1.43. The highest BCUT2D eigenvalue weighted by Crippen LogP contribution is 2.40. The molecule has 0 saturated carbocycles. The van der Waals surface area contributed by atoms with Gasteiger partial charge >= 0.3 is 13.7 Å². The molecule has 0 bridgehead atoms. The summed E-state index contributed by atoms with van der Waals surface area (Å²) in [5.41, 5.74) is 9.44. The molecule has 0 aliphatic heterocycles. The Morgan fingerprint density at radius 1 is 0.299 bits per heavy atom. The molecule has 16 rings (SSSR count). The van der Waals surface area contributed by atoms with E-state index in [0.29, 0.717) is 89.7 Å². The Kier molecular flexibility index (Phi) is 34.9. The van der Waals surface area contributed by atoms with Gasteiger partial charge in [0.15, 0.2) is 0 Å². The average molecular weight is 1850 g/mol. The lowest BCUT2D eigenvalue weighted by Crippen LogP contribution is -2.55. The average Bonchev–Trinajstić information content (AvgIpc) is 1.51. The van der Waals surface area contributed by atoms with Crippen molar-refractivity contribution in [1.29, 1.82) is 10.5 Å². The predicted octanol–water partition coefficient (Wildman–Crippen LogP) is 30.5. The van der Waals surface area contributed by atoms with Gasteiger partial charge in [0.1, 0.15) is 46.2 Å². The van der Waals surface area contributed by atoms with Crippen LogP contribution in [0.2, 0.25) is 20.1 Å². The molecule has 0 fully saturated rings. The molecule has 0 N–H and O–H groups in total. The zero-order valence-corrected chi connectivity index (χ0v) is 81.2. The highest BCUT2D eigenvalue weighted by atomic mass is 35.5. The third-order valence-corrected chi connectivity index (χ3v) is 28.8. The van der Waals surface area contributed by atoms with Gasteiger partial charge in [0.25, 0.3) is 0 Å². The molecule has 0 spiro atoms. The summed E-state index contributed by atoms with van der Waals surface area (Å²) >= 11 is 27.8. The highest BCUT2D eigenvalue weighted by Gasteiger charge is 2.40. The molecule has 12 aromatic carbocycles. The monoisotopic (exact) mass is 1850 g/mol. The number of ether oxygens (including phenoxy) is 2. The van der Waals surface area contributed by atoms with E-state index in [9.17, 15) is 10.5 Å².